The van der Waals surface area contributed by atoms with E-state index in [0.717, 1.165) is 10.9 Å². The van der Waals surface area contributed by atoms with Gasteiger partial charge in [0.2, 0.25) is 5.91 Å². The number of para-hydroxylation sites is 1. The molecule has 0 radical (unpaired) electrons. The van der Waals surface area contributed by atoms with Crippen molar-refractivity contribution < 1.29 is 18.7 Å². The van der Waals surface area contributed by atoms with E-state index in [1.807, 2.05) is 24.3 Å². The maximum absolute atomic E-state index is 12.5. The number of furan rings is 1. The largest absolute Gasteiger partial charge is 0.451 e. The standard InChI is InChI=1S/C27H20N4O4/c32-25(30-20-10-12-22(13-11-20)34-27-28-14-3-15-29-27)16-18-6-8-21(9-7-18)31-26(33)24-17-19-4-1-2-5-23(19)35-24/h1-15,17H,16H2,(H,30,32)(H,31,33). The minimum absolute atomic E-state index is 0.163. The zero-order chi connectivity index (χ0) is 24.0. The quantitative estimate of drug-likeness (QED) is 0.332. The number of amides is 2. The van der Waals surface area contributed by atoms with E-state index >= 15 is 0 Å². The van der Waals surface area contributed by atoms with Gasteiger partial charge in [-0.15, -0.1) is 0 Å². The van der Waals surface area contributed by atoms with Gasteiger partial charge in [-0.2, -0.15) is 0 Å². The van der Waals surface area contributed by atoms with Gasteiger partial charge in [-0.25, -0.2) is 9.97 Å². The summed E-state index contributed by atoms with van der Waals surface area (Å²) in [4.78, 5) is 33.0. The van der Waals surface area contributed by atoms with E-state index in [9.17, 15) is 9.59 Å². The Balaban J connectivity index is 1.14. The molecule has 0 aliphatic rings. The van der Waals surface area contributed by atoms with Gasteiger partial charge in [0.1, 0.15) is 11.3 Å². The lowest BCUT2D eigenvalue weighted by Gasteiger charge is -2.08. The molecular weight excluding hydrogens is 444 g/mol. The Kier molecular flexibility index (Phi) is 6.17. The number of nitrogens with zero attached hydrogens (tertiary/aromatic N) is 2. The van der Waals surface area contributed by atoms with E-state index in [2.05, 4.69) is 20.6 Å². The molecule has 2 amide bonds. The molecule has 0 unspecified atom stereocenters. The second-order valence-corrected chi connectivity index (χ2v) is 7.68. The van der Waals surface area contributed by atoms with E-state index in [1.54, 1.807) is 73.1 Å². The van der Waals surface area contributed by atoms with Crippen molar-refractivity contribution in [3.63, 3.8) is 0 Å². The normalized spacial score (nSPS) is 10.6. The van der Waals surface area contributed by atoms with E-state index in [0.29, 0.717) is 22.7 Å². The molecule has 0 bridgehead atoms. The fourth-order valence-corrected chi connectivity index (χ4v) is 3.43. The average molecular weight is 464 g/mol. The number of fused-ring (bicyclic) bond motifs is 1. The molecule has 2 N–H and O–H groups in total. The van der Waals surface area contributed by atoms with Crippen LogP contribution in [0.3, 0.4) is 0 Å². The first-order chi connectivity index (χ1) is 17.1. The highest BCUT2D eigenvalue weighted by atomic mass is 16.5. The van der Waals surface area contributed by atoms with Crippen LogP contribution in [0.1, 0.15) is 16.1 Å². The third-order valence-corrected chi connectivity index (χ3v) is 5.12. The second kappa shape index (κ2) is 9.88. The maximum Gasteiger partial charge on any atom is 0.321 e. The number of nitrogens with one attached hydrogen (secondary N) is 2. The molecule has 5 rings (SSSR count). The summed E-state index contributed by atoms with van der Waals surface area (Å²) < 4.78 is 11.1. The van der Waals surface area contributed by atoms with Crippen LogP contribution in [0, 0.1) is 0 Å². The molecule has 172 valence electrons. The zero-order valence-corrected chi connectivity index (χ0v) is 18.5. The van der Waals surface area contributed by atoms with Crippen molar-refractivity contribution in [1.82, 2.24) is 9.97 Å². The Morgan fingerprint density at radius 1 is 0.800 bits per heavy atom. The van der Waals surface area contributed by atoms with Crippen LogP contribution in [0.4, 0.5) is 11.4 Å². The van der Waals surface area contributed by atoms with Crippen LogP contribution in [0.5, 0.6) is 11.8 Å². The fraction of sp³-hybridized carbons (Fsp3) is 0.0370. The Morgan fingerprint density at radius 3 is 2.23 bits per heavy atom. The number of benzene rings is 3. The average Bonchev–Trinajstić information content (AvgIpc) is 3.32. The number of anilines is 2. The van der Waals surface area contributed by atoms with Crippen LogP contribution in [0.2, 0.25) is 0 Å². The second-order valence-electron chi connectivity index (χ2n) is 7.68. The van der Waals surface area contributed by atoms with Crippen LogP contribution >= 0.6 is 0 Å². The molecule has 0 atom stereocenters. The fourth-order valence-electron chi connectivity index (χ4n) is 3.43. The summed E-state index contributed by atoms with van der Waals surface area (Å²) >= 11 is 0. The van der Waals surface area contributed by atoms with Crippen LogP contribution in [-0.2, 0) is 11.2 Å². The van der Waals surface area contributed by atoms with Gasteiger partial charge in [0.25, 0.3) is 5.91 Å². The topological polar surface area (TPSA) is 106 Å². The Bertz CT molecular complexity index is 1430. The van der Waals surface area contributed by atoms with Gasteiger partial charge < -0.3 is 19.8 Å². The van der Waals surface area contributed by atoms with Gasteiger partial charge in [-0.1, -0.05) is 30.3 Å². The first-order valence-corrected chi connectivity index (χ1v) is 10.9. The molecule has 0 saturated heterocycles. The van der Waals surface area contributed by atoms with Gasteiger partial charge in [0.15, 0.2) is 5.76 Å². The zero-order valence-electron chi connectivity index (χ0n) is 18.5. The summed E-state index contributed by atoms with van der Waals surface area (Å²) in [6.07, 6.45) is 3.38. The molecule has 3 aromatic carbocycles. The van der Waals surface area contributed by atoms with Crippen LogP contribution in [0.25, 0.3) is 11.0 Å². The van der Waals surface area contributed by atoms with E-state index < -0.39 is 0 Å². The van der Waals surface area contributed by atoms with Crippen LogP contribution in [-0.4, -0.2) is 21.8 Å². The van der Waals surface area contributed by atoms with Crippen molar-refractivity contribution >= 4 is 34.2 Å². The van der Waals surface area contributed by atoms with E-state index in [1.165, 1.54) is 0 Å². The molecule has 0 aliphatic heterocycles. The maximum atomic E-state index is 12.5. The third-order valence-electron chi connectivity index (χ3n) is 5.12. The molecule has 8 nitrogen and oxygen atoms in total. The predicted octanol–water partition coefficient (Wildman–Crippen LogP) is 5.45. The smallest absolute Gasteiger partial charge is 0.321 e. The monoisotopic (exact) mass is 464 g/mol. The Morgan fingerprint density at radius 2 is 1.49 bits per heavy atom. The molecule has 5 aromatic rings. The molecular formula is C27H20N4O4. The summed E-state index contributed by atoms with van der Waals surface area (Å²) in [5.41, 5.74) is 2.72. The Hall–Kier alpha value is -4.98. The first kappa shape index (κ1) is 21.8. The summed E-state index contributed by atoms with van der Waals surface area (Å²) in [6.45, 7) is 0. The summed E-state index contributed by atoms with van der Waals surface area (Å²) in [5, 5.41) is 6.53. The van der Waals surface area contributed by atoms with Gasteiger partial charge in [-0.3, -0.25) is 9.59 Å². The van der Waals surface area contributed by atoms with Crippen molar-refractivity contribution in [1.29, 1.82) is 0 Å². The highest BCUT2D eigenvalue weighted by molar-refractivity contribution is 6.04. The predicted molar refractivity (Wildman–Crippen MR) is 131 cm³/mol. The highest BCUT2D eigenvalue weighted by Crippen LogP contribution is 2.21. The molecule has 0 saturated carbocycles. The molecule has 2 aromatic heterocycles. The van der Waals surface area contributed by atoms with Crippen molar-refractivity contribution in [2.75, 3.05) is 10.6 Å². The van der Waals surface area contributed by atoms with Crippen molar-refractivity contribution in [3.8, 4) is 11.8 Å². The number of carbonyl (C=O) groups is 2. The number of ether oxygens (including phenoxy) is 1. The number of hydrogen-bond acceptors (Lipinski definition) is 6. The SMILES string of the molecule is O=C(Cc1ccc(NC(=O)c2cc3ccccc3o2)cc1)Nc1ccc(Oc2ncccn2)cc1. The summed E-state index contributed by atoms with van der Waals surface area (Å²) in [7, 11) is 0. The van der Waals surface area contributed by atoms with Gasteiger partial charge in [-0.05, 0) is 60.2 Å². The molecule has 8 heteroatoms. The summed E-state index contributed by atoms with van der Waals surface area (Å²) in [5.74, 6) is 0.305. The molecule has 0 aliphatic carbocycles. The van der Waals surface area contributed by atoms with Gasteiger partial charge >= 0.3 is 6.01 Å². The van der Waals surface area contributed by atoms with Crippen molar-refractivity contribution in [3.05, 3.63) is 109 Å². The lowest BCUT2D eigenvalue weighted by atomic mass is 10.1. The lowest BCUT2D eigenvalue weighted by molar-refractivity contribution is -0.115. The van der Waals surface area contributed by atoms with Crippen molar-refractivity contribution in [2.45, 2.75) is 6.42 Å². The lowest BCUT2D eigenvalue weighted by Crippen LogP contribution is -2.14. The minimum atomic E-state index is -0.335. The van der Waals surface area contributed by atoms with Gasteiger partial charge in [0, 0.05) is 29.2 Å². The van der Waals surface area contributed by atoms with Crippen molar-refractivity contribution in [2.24, 2.45) is 0 Å². The molecule has 0 spiro atoms. The van der Waals surface area contributed by atoms with Gasteiger partial charge in [0.05, 0.1) is 6.42 Å². The number of rotatable bonds is 7. The number of carbonyl (C=O) groups excluding carboxylic acids is 2. The first-order valence-electron chi connectivity index (χ1n) is 10.9. The summed E-state index contributed by atoms with van der Waals surface area (Å²) in [6, 6.07) is 25.1. The van der Waals surface area contributed by atoms with E-state index in [4.69, 9.17) is 9.15 Å². The van der Waals surface area contributed by atoms with E-state index in [-0.39, 0.29) is 30.0 Å². The Labute approximate surface area is 200 Å². The molecule has 35 heavy (non-hydrogen) atoms. The number of hydrogen-bond donors (Lipinski definition) is 2. The highest BCUT2D eigenvalue weighted by Gasteiger charge is 2.12. The molecule has 0 fully saturated rings. The number of aromatic nitrogens is 2. The third kappa shape index (κ3) is 5.51. The van der Waals surface area contributed by atoms with Crippen LogP contribution in [0.15, 0.2) is 102 Å². The van der Waals surface area contributed by atoms with Crippen LogP contribution < -0.4 is 15.4 Å². The molecule has 2 heterocycles. The minimum Gasteiger partial charge on any atom is -0.451 e.